The molecule has 0 saturated carbocycles. The van der Waals surface area contributed by atoms with E-state index in [1.54, 1.807) is 7.11 Å². The summed E-state index contributed by atoms with van der Waals surface area (Å²) >= 11 is 0. The molecule has 0 aliphatic carbocycles. The van der Waals surface area contributed by atoms with Crippen molar-refractivity contribution in [3.63, 3.8) is 0 Å². The summed E-state index contributed by atoms with van der Waals surface area (Å²) in [5.41, 5.74) is 4.77. The van der Waals surface area contributed by atoms with Gasteiger partial charge in [-0.25, -0.2) is 0 Å². The molecule has 1 atom stereocenters. The smallest absolute Gasteiger partial charge is 0.119 e. The molecule has 0 amide bonds. The molecule has 1 heterocycles. The predicted octanol–water partition coefficient (Wildman–Crippen LogP) is 4.76. The second kappa shape index (κ2) is 8.24. The van der Waals surface area contributed by atoms with Crippen LogP contribution >= 0.6 is 0 Å². The molecule has 0 aromatic heterocycles. The number of allylic oxidation sites excluding steroid dienone is 2. The van der Waals surface area contributed by atoms with Crippen LogP contribution in [0.15, 0.2) is 66.9 Å². The topological polar surface area (TPSA) is 32.7 Å². The van der Waals surface area contributed by atoms with Crippen molar-refractivity contribution in [1.29, 1.82) is 0 Å². The third kappa shape index (κ3) is 4.00. The first kappa shape index (κ1) is 18.3. The summed E-state index contributed by atoms with van der Waals surface area (Å²) in [7, 11) is 1.68. The van der Waals surface area contributed by atoms with Gasteiger partial charge in [-0.3, -0.25) is 0 Å². The Hall–Kier alpha value is -2.52. The molecule has 3 rings (SSSR count). The van der Waals surface area contributed by atoms with Crippen molar-refractivity contribution in [2.45, 2.75) is 25.8 Å². The highest BCUT2D eigenvalue weighted by Crippen LogP contribution is 2.28. The number of methoxy groups -OCH3 is 1. The van der Waals surface area contributed by atoms with E-state index in [4.69, 9.17) is 4.74 Å². The zero-order chi connectivity index (χ0) is 18.5. The van der Waals surface area contributed by atoms with Crippen LogP contribution in [0.25, 0.3) is 5.57 Å². The lowest BCUT2D eigenvalue weighted by Gasteiger charge is -2.31. The molecule has 26 heavy (non-hydrogen) atoms. The van der Waals surface area contributed by atoms with Crippen molar-refractivity contribution in [2.75, 3.05) is 20.3 Å². The summed E-state index contributed by atoms with van der Waals surface area (Å²) in [4.78, 5) is 2.17. The Labute approximate surface area is 156 Å². The summed E-state index contributed by atoms with van der Waals surface area (Å²) in [6.45, 7) is 5.24. The van der Waals surface area contributed by atoms with Crippen LogP contribution < -0.4 is 4.74 Å². The van der Waals surface area contributed by atoms with E-state index in [2.05, 4.69) is 67.4 Å². The summed E-state index contributed by atoms with van der Waals surface area (Å²) in [6.07, 6.45) is 6.37. The highest BCUT2D eigenvalue weighted by molar-refractivity contribution is 5.75. The Bertz CT molecular complexity index is 790. The van der Waals surface area contributed by atoms with Gasteiger partial charge in [0.15, 0.2) is 0 Å². The monoisotopic (exact) mass is 349 g/mol. The molecule has 1 unspecified atom stereocenters. The molecule has 1 aliphatic heterocycles. The second-order valence-corrected chi connectivity index (χ2v) is 6.92. The zero-order valence-electron chi connectivity index (χ0n) is 15.7. The van der Waals surface area contributed by atoms with Crippen molar-refractivity contribution >= 4 is 5.57 Å². The zero-order valence-corrected chi connectivity index (χ0v) is 15.7. The predicted molar refractivity (Wildman–Crippen MR) is 107 cm³/mol. The number of nitrogens with zero attached hydrogens (tertiary/aromatic N) is 1. The maximum atomic E-state index is 9.95. The third-order valence-corrected chi connectivity index (χ3v) is 4.93. The molecule has 0 radical (unpaired) electrons. The highest BCUT2D eigenvalue weighted by atomic mass is 16.5. The fourth-order valence-electron chi connectivity index (χ4n) is 3.26. The van der Waals surface area contributed by atoms with E-state index in [-0.39, 0.29) is 12.6 Å². The summed E-state index contributed by atoms with van der Waals surface area (Å²) < 4.78 is 5.31. The highest BCUT2D eigenvalue weighted by Gasteiger charge is 2.18. The van der Waals surface area contributed by atoms with Crippen molar-refractivity contribution in [1.82, 2.24) is 4.90 Å². The minimum atomic E-state index is -0.0319. The van der Waals surface area contributed by atoms with Gasteiger partial charge < -0.3 is 14.7 Å². The normalized spacial score (nSPS) is 15.1. The lowest BCUT2D eigenvalue weighted by molar-refractivity contribution is 0.174. The lowest BCUT2D eigenvalue weighted by Crippen LogP contribution is -2.28. The summed E-state index contributed by atoms with van der Waals surface area (Å²) in [5.74, 6) is 1.37. The van der Waals surface area contributed by atoms with Crippen LogP contribution in [0.2, 0.25) is 0 Å². The molecule has 1 aliphatic rings. The van der Waals surface area contributed by atoms with E-state index in [0.29, 0.717) is 5.92 Å². The van der Waals surface area contributed by atoms with Crippen molar-refractivity contribution < 1.29 is 9.84 Å². The first-order valence-corrected chi connectivity index (χ1v) is 9.11. The molecule has 136 valence electrons. The number of hydrogen-bond donors (Lipinski definition) is 1. The molecule has 0 bridgehead atoms. The van der Waals surface area contributed by atoms with Gasteiger partial charge >= 0.3 is 0 Å². The van der Waals surface area contributed by atoms with Gasteiger partial charge in [0, 0.05) is 12.7 Å². The van der Waals surface area contributed by atoms with Crippen LogP contribution in [0.4, 0.5) is 0 Å². The maximum Gasteiger partial charge on any atom is 0.119 e. The summed E-state index contributed by atoms with van der Waals surface area (Å²) in [5, 5.41) is 9.95. The van der Waals surface area contributed by atoms with Crippen LogP contribution in [-0.4, -0.2) is 30.3 Å². The van der Waals surface area contributed by atoms with Crippen LogP contribution in [0.1, 0.15) is 42.5 Å². The molecule has 2 aromatic rings. The fourth-order valence-corrected chi connectivity index (χ4v) is 3.26. The van der Waals surface area contributed by atoms with E-state index in [1.807, 2.05) is 18.2 Å². The first-order chi connectivity index (χ1) is 12.6. The van der Waals surface area contributed by atoms with Crippen molar-refractivity contribution in [2.24, 2.45) is 0 Å². The average Bonchev–Trinajstić information content (AvgIpc) is 2.69. The Morgan fingerprint density at radius 2 is 1.81 bits per heavy atom. The maximum absolute atomic E-state index is 9.95. The minimum absolute atomic E-state index is 0.0319. The minimum Gasteiger partial charge on any atom is -0.497 e. The molecule has 1 N–H and O–H groups in total. The van der Waals surface area contributed by atoms with E-state index in [9.17, 15) is 5.11 Å². The number of aliphatic hydroxyl groups is 1. The van der Waals surface area contributed by atoms with E-state index < -0.39 is 0 Å². The first-order valence-electron chi connectivity index (χ1n) is 9.11. The third-order valence-electron chi connectivity index (χ3n) is 4.93. The SMILES string of the molecule is COc1cccc(C2=CCN(C(CO)c3ccc(C(C)C)cc3)C=C2)c1. The van der Waals surface area contributed by atoms with E-state index in [0.717, 1.165) is 23.4 Å². The number of aliphatic hydroxyl groups excluding tert-OH is 1. The molecule has 3 heteroatoms. The molecule has 3 nitrogen and oxygen atoms in total. The second-order valence-electron chi connectivity index (χ2n) is 6.92. The van der Waals surface area contributed by atoms with Gasteiger partial charge in [0.05, 0.1) is 19.8 Å². The van der Waals surface area contributed by atoms with E-state index >= 15 is 0 Å². The molecule has 0 fully saturated rings. The van der Waals surface area contributed by atoms with E-state index in [1.165, 1.54) is 11.1 Å². The van der Waals surface area contributed by atoms with Gasteiger partial charge in [-0.1, -0.05) is 56.3 Å². The fraction of sp³-hybridized carbons (Fsp3) is 0.304. The number of hydrogen-bond acceptors (Lipinski definition) is 3. The van der Waals surface area contributed by atoms with Gasteiger partial charge in [0.1, 0.15) is 5.75 Å². The summed E-state index contributed by atoms with van der Waals surface area (Å²) in [6, 6.07) is 16.6. The van der Waals surface area contributed by atoms with Crippen LogP contribution in [-0.2, 0) is 0 Å². The van der Waals surface area contributed by atoms with Gasteiger partial charge in [-0.05, 0) is 46.4 Å². The van der Waals surface area contributed by atoms with Crippen molar-refractivity contribution in [3.8, 4) is 5.75 Å². The van der Waals surface area contributed by atoms with Gasteiger partial charge in [0.25, 0.3) is 0 Å². The molecule has 0 spiro atoms. The quantitative estimate of drug-likeness (QED) is 0.816. The van der Waals surface area contributed by atoms with Gasteiger partial charge in [0.2, 0.25) is 0 Å². The van der Waals surface area contributed by atoms with Crippen LogP contribution in [0.5, 0.6) is 5.75 Å². The molecule has 2 aromatic carbocycles. The molecule has 0 saturated heterocycles. The Morgan fingerprint density at radius 3 is 2.38 bits per heavy atom. The van der Waals surface area contributed by atoms with Crippen LogP contribution in [0.3, 0.4) is 0 Å². The number of benzene rings is 2. The van der Waals surface area contributed by atoms with Crippen molar-refractivity contribution in [3.05, 3.63) is 83.6 Å². The average molecular weight is 349 g/mol. The number of ether oxygens (including phenoxy) is 1. The lowest BCUT2D eigenvalue weighted by atomic mass is 9.97. The molecular formula is C23H27NO2. The standard InChI is InChI=1S/C23H27NO2/c1-17(2)18-7-9-20(10-8-18)23(16-25)24-13-11-19(12-14-24)21-5-4-6-22(15-21)26-3/h4-13,15,17,23,25H,14,16H2,1-3H3. The Morgan fingerprint density at radius 1 is 1.08 bits per heavy atom. The number of rotatable bonds is 6. The molecular weight excluding hydrogens is 322 g/mol. The van der Waals surface area contributed by atoms with Gasteiger partial charge in [-0.15, -0.1) is 0 Å². The Balaban J connectivity index is 1.74. The Kier molecular flexibility index (Phi) is 5.79. The van der Waals surface area contributed by atoms with Gasteiger partial charge in [-0.2, -0.15) is 0 Å². The van der Waals surface area contributed by atoms with Crippen LogP contribution in [0, 0.1) is 0 Å². The largest absolute Gasteiger partial charge is 0.497 e.